The van der Waals surface area contributed by atoms with Gasteiger partial charge in [-0.1, -0.05) is 12.1 Å². The van der Waals surface area contributed by atoms with Crippen LogP contribution in [0.4, 0.5) is 11.5 Å². The van der Waals surface area contributed by atoms with Crippen molar-refractivity contribution in [3.05, 3.63) is 60.4 Å². The Morgan fingerprint density at radius 2 is 1.71 bits per heavy atom. The van der Waals surface area contributed by atoms with Gasteiger partial charge in [-0.2, -0.15) is 0 Å². The van der Waals surface area contributed by atoms with Crippen molar-refractivity contribution in [2.24, 2.45) is 0 Å². The number of benzene rings is 1. The quantitative estimate of drug-likeness (QED) is 0.752. The summed E-state index contributed by atoms with van der Waals surface area (Å²) < 4.78 is 11.0. The molecule has 1 aromatic carbocycles. The number of pyridine rings is 2. The lowest BCUT2D eigenvalue weighted by Crippen LogP contribution is -2.21. The van der Waals surface area contributed by atoms with E-state index < -0.39 is 0 Å². The number of nitrogens with one attached hydrogen (secondary N) is 1. The maximum Gasteiger partial charge on any atom is 0.257 e. The Balaban J connectivity index is 1.47. The van der Waals surface area contributed by atoms with Crippen molar-refractivity contribution >= 4 is 17.4 Å². The van der Waals surface area contributed by atoms with Gasteiger partial charge < -0.3 is 19.7 Å². The number of fused-ring (bicyclic) bond motifs is 1. The van der Waals surface area contributed by atoms with Gasteiger partial charge in [0.15, 0.2) is 5.75 Å². The molecular formula is C21H20N4O3. The Morgan fingerprint density at radius 3 is 2.43 bits per heavy atom. The summed E-state index contributed by atoms with van der Waals surface area (Å²) in [6, 6.07) is 13.2. The summed E-state index contributed by atoms with van der Waals surface area (Å²) in [6.45, 7) is 1.03. The lowest BCUT2D eigenvalue weighted by molar-refractivity contribution is 0.0827. The Bertz CT molecular complexity index is 986. The minimum Gasteiger partial charge on any atom is -0.484 e. The average Bonchev–Trinajstić information content (AvgIpc) is 2.74. The molecule has 4 rings (SSSR count). The zero-order valence-corrected chi connectivity index (χ0v) is 15.7. The molecule has 3 aromatic rings. The fourth-order valence-corrected chi connectivity index (χ4v) is 2.85. The fraction of sp³-hybridized carbons (Fsp3) is 0.190. The first-order valence-electron chi connectivity index (χ1n) is 8.91. The number of hydrogen-bond donors (Lipinski definition) is 1. The average molecular weight is 376 g/mol. The first-order chi connectivity index (χ1) is 13.6. The predicted octanol–water partition coefficient (Wildman–Crippen LogP) is 3.36. The van der Waals surface area contributed by atoms with Crippen molar-refractivity contribution in [3.63, 3.8) is 0 Å². The van der Waals surface area contributed by atoms with Crippen LogP contribution in [0, 0.1) is 0 Å². The van der Waals surface area contributed by atoms with E-state index in [1.54, 1.807) is 31.4 Å². The molecule has 0 radical (unpaired) electrons. The molecule has 0 atom stereocenters. The Hall–Kier alpha value is -3.61. The van der Waals surface area contributed by atoms with E-state index in [1.807, 2.05) is 42.5 Å². The molecule has 7 nitrogen and oxygen atoms in total. The molecule has 0 fully saturated rings. The predicted molar refractivity (Wildman–Crippen MR) is 106 cm³/mol. The van der Waals surface area contributed by atoms with Gasteiger partial charge in [0, 0.05) is 37.5 Å². The van der Waals surface area contributed by atoms with E-state index in [4.69, 9.17) is 9.47 Å². The topological polar surface area (TPSA) is 76.6 Å². The van der Waals surface area contributed by atoms with Gasteiger partial charge in [-0.3, -0.25) is 4.79 Å². The number of nitrogens with zero attached hydrogens (tertiary/aromatic N) is 3. The first-order valence-corrected chi connectivity index (χ1v) is 8.91. The molecule has 28 heavy (non-hydrogen) atoms. The highest BCUT2D eigenvalue weighted by atomic mass is 16.6. The van der Waals surface area contributed by atoms with Crippen molar-refractivity contribution in [3.8, 4) is 22.8 Å². The zero-order valence-electron chi connectivity index (χ0n) is 15.7. The summed E-state index contributed by atoms with van der Waals surface area (Å²) in [5.74, 6) is 1.82. The van der Waals surface area contributed by atoms with Crippen LogP contribution in [-0.4, -0.2) is 48.1 Å². The summed E-state index contributed by atoms with van der Waals surface area (Å²) in [7, 11) is 3.48. The van der Waals surface area contributed by atoms with Crippen molar-refractivity contribution in [2.45, 2.75) is 0 Å². The maximum atomic E-state index is 12.0. The Morgan fingerprint density at radius 1 is 0.964 bits per heavy atom. The molecule has 0 saturated carbocycles. The highest BCUT2D eigenvalue weighted by Crippen LogP contribution is 2.31. The molecule has 1 N–H and O–H groups in total. The van der Waals surface area contributed by atoms with E-state index >= 15 is 0 Å². The largest absolute Gasteiger partial charge is 0.484 e. The number of rotatable bonds is 4. The van der Waals surface area contributed by atoms with Crippen molar-refractivity contribution in [1.29, 1.82) is 0 Å². The molecule has 1 amide bonds. The third-order valence-corrected chi connectivity index (χ3v) is 4.31. The summed E-state index contributed by atoms with van der Waals surface area (Å²) in [6.07, 6.45) is 3.47. The second kappa shape index (κ2) is 7.56. The minimum atomic E-state index is -0.0164. The van der Waals surface area contributed by atoms with E-state index in [0.717, 1.165) is 16.8 Å². The molecule has 3 heterocycles. The highest BCUT2D eigenvalue weighted by Gasteiger charge is 2.13. The summed E-state index contributed by atoms with van der Waals surface area (Å²) >= 11 is 0. The van der Waals surface area contributed by atoms with E-state index in [1.165, 1.54) is 0 Å². The van der Waals surface area contributed by atoms with Crippen molar-refractivity contribution in [2.75, 3.05) is 32.6 Å². The number of carbonyl (C=O) groups is 1. The molecule has 1 aliphatic heterocycles. The van der Waals surface area contributed by atoms with E-state index in [-0.39, 0.29) is 5.91 Å². The molecule has 0 saturated heterocycles. The first kappa shape index (κ1) is 17.8. The Kier molecular flexibility index (Phi) is 4.80. The third-order valence-electron chi connectivity index (χ3n) is 4.31. The van der Waals surface area contributed by atoms with E-state index in [0.29, 0.717) is 36.2 Å². The van der Waals surface area contributed by atoms with Crippen LogP contribution in [0.1, 0.15) is 10.4 Å². The van der Waals surface area contributed by atoms with Gasteiger partial charge >= 0.3 is 0 Å². The summed E-state index contributed by atoms with van der Waals surface area (Å²) in [5, 5.41) is 3.21. The number of ether oxygens (including phenoxy) is 2. The van der Waals surface area contributed by atoms with Crippen LogP contribution in [0.5, 0.6) is 11.6 Å². The van der Waals surface area contributed by atoms with Gasteiger partial charge in [0.2, 0.25) is 0 Å². The van der Waals surface area contributed by atoms with Gasteiger partial charge in [0.1, 0.15) is 19.0 Å². The molecule has 0 aliphatic carbocycles. The highest BCUT2D eigenvalue weighted by molar-refractivity contribution is 5.94. The molecule has 0 bridgehead atoms. The SMILES string of the molecule is CN(C)C(=O)c1ccc(-c2ccc(Nc3cnc4c(c3)OCCO4)nc2)cc1. The standard InChI is InChI=1S/C21H20N4O3/c1-25(2)21(26)15-5-3-14(4-6-15)16-7-8-19(22-12-16)24-17-11-18-20(23-13-17)28-10-9-27-18/h3-8,11-13H,9-10H2,1-2H3,(H,22,24). The van der Waals surface area contributed by atoms with Crippen LogP contribution in [0.15, 0.2) is 54.9 Å². The lowest BCUT2D eigenvalue weighted by Gasteiger charge is -2.17. The number of carbonyl (C=O) groups excluding carboxylic acids is 1. The third kappa shape index (κ3) is 3.73. The van der Waals surface area contributed by atoms with Crippen molar-refractivity contribution in [1.82, 2.24) is 14.9 Å². The van der Waals surface area contributed by atoms with Gasteiger partial charge in [-0.15, -0.1) is 0 Å². The number of amides is 1. The van der Waals surface area contributed by atoms with E-state index in [2.05, 4.69) is 15.3 Å². The molecule has 142 valence electrons. The van der Waals surface area contributed by atoms with Gasteiger partial charge in [-0.05, 0) is 29.8 Å². The monoisotopic (exact) mass is 376 g/mol. The Labute approximate surface area is 163 Å². The maximum absolute atomic E-state index is 12.0. The molecule has 1 aliphatic rings. The van der Waals surface area contributed by atoms with Crippen LogP contribution < -0.4 is 14.8 Å². The van der Waals surface area contributed by atoms with Crippen LogP contribution >= 0.6 is 0 Å². The van der Waals surface area contributed by atoms with Crippen LogP contribution in [-0.2, 0) is 0 Å². The van der Waals surface area contributed by atoms with Gasteiger partial charge in [0.05, 0.1) is 11.9 Å². The molecule has 2 aromatic heterocycles. The number of anilines is 2. The molecular weight excluding hydrogens is 356 g/mol. The molecule has 0 spiro atoms. The minimum absolute atomic E-state index is 0.0164. The normalized spacial score (nSPS) is 12.4. The summed E-state index contributed by atoms with van der Waals surface area (Å²) in [5.41, 5.74) is 3.40. The number of hydrogen-bond acceptors (Lipinski definition) is 6. The second-order valence-electron chi connectivity index (χ2n) is 6.56. The molecule has 0 unspecified atom stereocenters. The van der Waals surface area contributed by atoms with Gasteiger partial charge in [0.25, 0.3) is 11.8 Å². The number of aromatic nitrogens is 2. The zero-order chi connectivity index (χ0) is 19.5. The van der Waals surface area contributed by atoms with Crippen LogP contribution in [0.25, 0.3) is 11.1 Å². The fourth-order valence-electron chi connectivity index (χ4n) is 2.85. The second-order valence-corrected chi connectivity index (χ2v) is 6.56. The van der Waals surface area contributed by atoms with Crippen LogP contribution in [0.2, 0.25) is 0 Å². The lowest BCUT2D eigenvalue weighted by atomic mass is 10.1. The van der Waals surface area contributed by atoms with Crippen LogP contribution in [0.3, 0.4) is 0 Å². The molecule has 7 heteroatoms. The van der Waals surface area contributed by atoms with Gasteiger partial charge in [-0.25, -0.2) is 9.97 Å². The summed E-state index contributed by atoms with van der Waals surface area (Å²) in [4.78, 5) is 22.3. The van der Waals surface area contributed by atoms with Crippen molar-refractivity contribution < 1.29 is 14.3 Å². The van der Waals surface area contributed by atoms with E-state index in [9.17, 15) is 4.79 Å². The smallest absolute Gasteiger partial charge is 0.257 e.